The number of hydrogen-bond donors (Lipinski definition) is 2. The van der Waals surface area contributed by atoms with Gasteiger partial charge in [-0.25, -0.2) is 0 Å². The average molecular weight is 484 g/mol. The van der Waals surface area contributed by atoms with E-state index in [0.717, 1.165) is 43.4 Å². The quantitative estimate of drug-likeness (QED) is 0.632. The third-order valence-electron chi connectivity index (χ3n) is 6.81. The van der Waals surface area contributed by atoms with Gasteiger partial charge in [-0.05, 0) is 61.4 Å². The van der Waals surface area contributed by atoms with Crippen LogP contribution in [0.3, 0.4) is 0 Å². The van der Waals surface area contributed by atoms with Crippen LogP contribution < -0.4 is 15.4 Å². The zero-order chi connectivity index (χ0) is 23.9. The normalized spacial score (nSPS) is 22.6. The highest BCUT2D eigenvalue weighted by molar-refractivity contribution is 7.10. The molecule has 1 aliphatic heterocycles. The van der Waals surface area contributed by atoms with Crippen molar-refractivity contribution in [1.82, 2.24) is 15.5 Å². The van der Waals surface area contributed by atoms with Crippen molar-refractivity contribution in [2.75, 3.05) is 20.2 Å². The van der Waals surface area contributed by atoms with Gasteiger partial charge in [0.2, 0.25) is 11.8 Å². The predicted octanol–water partition coefficient (Wildman–Crippen LogP) is 3.40. The van der Waals surface area contributed by atoms with Gasteiger partial charge in [0.05, 0.1) is 19.4 Å². The highest BCUT2D eigenvalue weighted by Gasteiger charge is 2.33. The van der Waals surface area contributed by atoms with Gasteiger partial charge in [0.25, 0.3) is 5.91 Å². The maximum absolute atomic E-state index is 13.1. The summed E-state index contributed by atoms with van der Waals surface area (Å²) in [5.74, 6) is 0.430. The van der Waals surface area contributed by atoms with Crippen LogP contribution in [0.1, 0.15) is 53.8 Å². The van der Waals surface area contributed by atoms with E-state index in [2.05, 4.69) is 10.6 Å². The fourth-order valence-corrected chi connectivity index (χ4v) is 5.56. The van der Waals surface area contributed by atoms with Crippen molar-refractivity contribution in [3.05, 3.63) is 52.2 Å². The number of piperidine rings is 1. The lowest BCUT2D eigenvalue weighted by atomic mass is 9.88. The first kappa shape index (κ1) is 24.3. The minimum absolute atomic E-state index is 0.00998. The Bertz CT molecular complexity index is 976. The summed E-state index contributed by atoms with van der Waals surface area (Å²) in [4.78, 5) is 41.5. The standard InChI is InChI=1S/C26H33N3O4S/c1-33-20-12-10-18(11-13-20)25(31)27-22-8-2-3-9-23(22)28-26(32)19-6-4-14-29(17-19)24(30)16-21-7-5-15-34-21/h5,7,10-13,15,19,22-23H,2-4,6,8-9,14,16-17H2,1H3,(H,27,31)(H,28,32)/t19?,22-,23?/m1/s1. The number of nitrogens with one attached hydrogen (secondary N) is 2. The Balaban J connectivity index is 1.32. The van der Waals surface area contributed by atoms with Crippen molar-refractivity contribution in [3.8, 4) is 5.75 Å². The summed E-state index contributed by atoms with van der Waals surface area (Å²) in [6.45, 7) is 1.17. The molecule has 1 aromatic carbocycles. The Kier molecular flexibility index (Phi) is 8.21. The van der Waals surface area contributed by atoms with E-state index in [-0.39, 0.29) is 35.7 Å². The minimum Gasteiger partial charge on any atom is -0.497 e. The molecule has 0 bridgehead atoms. The van der Waals surface area contributed by atoms with E-state index in [0.29, 0.717) is 30.8 Å². The smallest absolute Gasteiger partial charge is 0.251 e. The van der Waals surface area contributed by atoms with Crippen LogP contribution in [0.25, 0.3) is 0 Å². The third kappa shape index (κ3) is 6.17. The zero-order valence-electron chi connectivity index (χ0n) is 19.6. The summed E-state index contributed by atoms with van der Waals surface area (Å²) < 4.78 is 5.16. The summed E-state index contributed by atoms with van der Waals surface area (Å²) in [6, 6.07) is 10.7. The lowest BCUT2D eigenvalue weighted by Crippen LogP contribution is -2.55. The molecular formula is C26H33N3O4S. The second-order valence-corrected chi connectivity index (χ2v) is 10.2. The number of carbonyl (C=O) groups is 3. The number of nitrogens with zero attached hydrogens (tertiary/aromatic N) is 1. The number of amides is 3. The van der Waals surface area contributed by atoms with Gasteiger partial charge in [-0.1, -0.05) is 18.9 Å². The number of likely N-dealkylation sites (tertiary alicyclic amines) is 1. The van der Waals surface area contributed by atoms with Crippen LogP contribution in [-0.2, 0) is 16.0 Å². The molecule has 0 radical (unpaired) electrons. The Hall–Kier alpha value is -2.87. The number of benzene rings is 1. The molecule has 34 heavy (non-hydrogen) atoms. The summed E-state index contributed by atoms with van der Waals surface area (Å²) in [7, 11) is 1.59. The zero-order valence-corrected chi connectivity index (χ0v) is 20.4. The van der Waals surface area contributed by atoms with Crippen molar-refractivity contribution >= 4 is 29.1 Å². The number of carbonyl (C=O) groups excluding carboxylic acids is 3. The second kappa shape index (κ2) is 11.5. The molecular weight excluding hydrogens is 450 g/mol. The molecule has 2 heterocycles. The van der Waals surface area contributed by atoms with Crippen LogP contribution >= 0.6 is 11.3 Å². The number of rotatable bonds is 7. The van der Waals surface area contributed by atoms with Gasteiger partial charge >= 0.3 is 0 Å². The van der Waals surface area contributed by atoms with E-state index in [4.69, 9.17) is 4.74 Å². The molecule has 8 heteroatoms. The van der Waals surface area contributed by atoms with Gasteiger partial charge in [0.15, 0.2) is 0 Å². The molecule has 3 atom stereocenters. The van der Waals surface area contributed by atoms with Gasteiger partial charge < -0.3 is 20.3 Å². The van der Waals surface area contributed by atoms with Gasteiger partial charge in [-0.3, -0.25) is 14.4 Å². The van der Waals surface area contributed by atoms with E-state index >= 15 is 0 Å². The van der Waals surface area contributed by atoms with E-state index in [1.807, 2.05) is 22.4 Å². The number of thiophene rings is 1. The molecule has 2 aromatic rings. The highest BCUT2D eigenvalue weighted by atomic mass is 32.1. The molecule has 7 nitrogen and oxygen atoms in total. The van der Waals surface area contributed by atoms with Crippen molar-refractivity contribution in [2.24, 2.45) is 5.92 Å². The van der Waals surface area contributed by atoms with Gasteiger partial charge in [-0.2, -0.15) is 0 Å². The molecule has 2 N–H and O–H groups in total. The van der Waals surface area contributed by atoms with E-state index in [1.54, 1.807) is 42.7 Å². The highest BCUT2D eigenvalue weighted by Crippen LogP contribution is 2.23. The molecule has 1 aromatic heterocycles. The SMILES string of the molecule is COc1ccc(C(=O)N[C@@H]2CCCCC2NC(=O)C2CCCN(C(=O)Cc3cccs3)C2)cc1. The maximum Gasteiger partial charge on any atom is 0.251 e. The van der Waals surface area contributed by atoms with Gasteiger partial charge in [0, 0.05) is 35.6 Å². The van der Waals surface area contributed by atoms with Crippen LogP contribution in [0.15, 0.2) is 41.8 Å². The van der Waals surface area contributed by atoms with Gasteiger partial charge in [0.1, 0.15) is 5.75 Å². The van der Waals surface area contributed by atoms with Crippen LogP contribution in [0.2, 0.25) is 0 Å². The summed E-state index contributed by atoms with van der Waals surface area (Å²) >= 11 is 1.58. The van der Waals surface area contributed by atoms with Gasteiger partial charge in [-0.15, -0.1) is 11.3 Å². The molecule has 1 aliphatic carbocycles. The van der Waals surface area contributed by atoms with Crippen molar-refractivity contribution in [1.29, 1.82) is 0 Å². The molecule has 2 fully saturated rings. The Labute approximate surface area is 204 Å². The predicted molar refractivity (Wildman–Crippen MR) is 132 cm³/mol. The van der Waals surface area contributed by atoms with E-state index < -0.39 is 0 Å². The molecule has 4 rings (SSSR count). The monoisotopic (exact) mass is 483 g/mol. The largest absolute Gasteiger partial charge is 0.497 e. The first-order valence-electron chi connectivity index (χ1n) is 12.1. The topological polar surface area (TPSA) is 87.7 Å². The van der Waals surface area contributed by atoms with Crippen LogP contribution in [0.4, 0.5) is 0 Å². The Morgan fingerprint density at radius 2 is 1.74 bits per heavy atom. The summed E-state index contributed by atoms with van der Waals surface area (Å²) in [6.07, 6.45) is 5.73. The number of methoxy groups -OCH3 is 1. The number of ether oxygens (including phenoxy) is 1. The molecule has 0 spiro atoms. The van der Waals surface area contributed by atoms with Crippen LogP contribution in [0.5, 0.6) is 5.75 Å². The van der Waals surface area contributed by atoms with E-state index in [9.17, 15) is 14.4 Å². The fourth-order valence-electron chi connectivity index (χ4n) is 4.86. The molecule has 3 amide bonds. The minimum atomic E-state index is -0.207. The van der Waals surface area contributed by atoms with Crippen LogP contribution in [-0.4, -0.2) is 54.9 Å². The first-order chi connectivity index (χ1) is 16.5. The molecule has 1 saturated carbocycles. The van der Waals surface area contributed by atoms with Crippen molar-refractivity contribution in [2.45, 2.75) is 57.0 Å². The molecule has 2 unspecified atom stereocenters. The van der Waals surface area contributed by atoms with E-state index in [1.165, 1.54) is 0 Å². The van der Waals surface area contributed by atoms with Crippen molar-refractivity contribution in [3.63, 3.8) is 0 Å². The van der Waals surface area contributed by atoms with Crippen LogP contribution in [0, 0.1) is 5.92 Å². The first-order valence-corrected chi connectivity index (χ1v) is 13.0. The maximum atomic E-state index is 13.1. The molecule has 1 saturated heterocycles. The summed E-state index contributed by atoms with van der Waals surface area (Å²) in [5, 5.41) is 8.31. The molecule has 182 valence electrons. The second-order valence-electron chi connectivity index (χ2n) is 9.14. The Morgan fingerprint density at radius 3 is 2.41 bits per heavy atom. The average Bonchev–Trinajstić information content (AvgIpc) is 3.38. The lowest BCUT2D eigenvalue weighted by Gasteiger charge is -2.36. The lowest BCUT2D eigenvalue weighted by molar-refractivity contribution is -0.135. The Morgan fingerprint density at radius 1 is 1.00 bits per heavy atom. The fraction of sp³-hybridized carbons (Fsp3) is 0.500. The van der Waals surface area contributed by atoms with Crippen molar-refractivity contribution < 1.29 is 19.1 Å². The summed E-state index contributed by atoms with van der Waals surface area (Å²) in [5.41, 5.74) is 0.573. The third-order valence-corrected chi connectivity index (χ3v) is 7.69. The molecule has 2 aliphatic rings. The number of hydrogen-bond acceptors (Lipinski definition) is 5.